The van der Waals surface area contributed by atoms with Gasteiger partial charge in [0, 0.05) is 51.4 Å². The van der Waals surface area contributed by atoms with Crippen LogP contribution >= 0.6 is 0 Å². The summed E-state index contributed by atoms with van der Waals surface area (Å²) in [5.74, 6) is 3.06. The van der Waals surface area contributed by atoms with Gasteiger partial charge in [0.25, 0.3) is 0 Å². The fraction of sp³-hybridized carbons (Fsp3) is 0.600. The van der Waals surface area contributed by atoms with E-state index in [0.717, 1.165) is 63.2 Å². The van der Waals surface area contributed by atoms with Gasteiger partial charge in [0.05, 0.1) is 18.3 Å². The van der Waals surface area contributed by atoms with Crippen molar-refractivity contribution in [3.8, 4) is 0 Å². The number of anilines is 3. The summed E-state index contributed by atoms with van der Waals surface area (Å²) >= 11 is 0. The molecule has 0 amide bonds. The number of rotatable bonds is 5. The number of aromatic nitrogens is 4. The maximum absolute atomic E-state index is 5.99. The van der Waals surface area contributed by atoms with Crippen molar-refractivity contribution in [1.29, 1.82) is 0 Å². The minimum Gasteiger partial charge on any atom is -0.376 e. The number of piperazine rings is 1. The first-order valence-corrected chi connectivity index (χ1v) is 10.2. The van der Waals surface area contributed by atoms with E-state index in [4.69, 9.17) is 9.72 Å². The summed E-state index contributed by atoms with van der Waals surface area (Å²) in [7, 11) is 0. The number of ether oxygens (including phenoxy) is 1. The first-order chi connectivity index (χ1) is 13.7. The lowest BCUT2D eigenvalue weighted by Gasteiger charge is -2.36. The molecule has 28 heavy (non-hydrogen) atoms. The van der Waals surface area contributed by atoms with E-state index in [1.807, 2.05) is 18.5 Å². The molecule has 150 valence electrons. The maximum Gasteiger partial charge on any atom is 0.227 e. The van der Waals surface area contributed by atoms with E-state index >= 15 is 0 Å². The van der Waals surface area contributed by atoms with Crippen LogP contribution in [0.15, 0.2) is 30.9 Å². The van der Waals surface area contributed by atoms with Gasteiger partial charge in [-0.2, -0.15) is 4.98 Å². The van der Waals surface area contributed by atoms with Gasteiger partial charge >= 0.3 is 0 Å². The zero-order valence-corrected chi connectivity index (χ0v) is 16.7. The monoisotopic (exact) mass is 383 g/mol. The number of nitrogens with one attached hydrogen (secondary N) is 1. The SMILES string of the molecule is CC(C)[C@H]1OCCC[C@@H]1Nc1ccnc(N2CCN(c3cnccn3)CC2)n1. The average Bonchev–Trinajstić information content (AvgIpc) is 2.75. The quantitative estimate of drug-likeness (QED) is 0.842. The molecule has 4 heterocycles. The molecule has 2 aromatic rings. The normalized spacial score (nSPS) is 23.1. The minimum absolute atomic E-state index is 0.225. The third-order valence-electron chi connectivity index (χ3n) is 5.44. The lowest BCUT2D eigenvalue weighted by molar-refractivity contribution is -0.0203. The molecule has 2 aromatic heterocycles. The van der Waals surface area contributed by atoms with Crippen LogP contribution in [-0.4, -0.2) is 64.9 Å². The van der Waals surface area contributed by atoms with E-state index in [2.05, 4.69) is 43.9 Å². The van der Waals surface area contributed by atoms with Crippen molar-refractivity contribution in [2.24, 2.45) is 5.92 Å². The van der Waals surface area contributed by atoms with Crippen LogP contribution in [0.5, 0.6) is 0 Å². The summed E-state index contributed by atoms with van der Waals surface area (Å²) in [5.41, 5.74) is 0. The van der Waals surface area contributed by atoms with Crippen molar-refractivity contribution in [3.05, 3.63) is 30.9 Å². The van der Waals surface area contributed by atoms with Gasteiger partial charge < -0.3 is 19.9 Å². The van der Waals surface area contributed by atoms with Gasteiger partial charge in [-0.15, -0.1) is 0 Å². The highest BCUT2D eigenvalue weighted by Gasteiger charge is 2.29. The van der Waals surface area contributed by atoms with Crippen LogP contribution in [0.25, 0.3) is 0 Å². The summed E-state index contributed by atoms with van der Waals surface area (Å²) < 4.78 is 5.99. The molecule has 4 rings (SSSR count). The van der Waals surface area contributed by atoms with Crippen molar-refractivity contribution < 1.29 is 4.74 Å². The van der Waals surface area contributed by atoms with Crippen LogP contribution in [0.3, 0.4) is 0 Å². The van der Waals surface area contributed by atoms with Crippen molar-refractivity contribution in [3.63, 3.8) is 0 Å². The Morgan fingerprint density at radius 3 is 2.64 bits per heavy atom. The van der Waals surface area contributed by atoms with Gasteiger partial charge in [0.2, 0.25) is 5.95 Å². The van der Waals surface area contributed by atoms with Crippen LogP contribution < -0.4 is 15.1 Å². The molecule has 1 N–H and O–H groups in total. The van der Waals surface area contributed by atoms with Crippen LogP contribution in [0.1, 0.15) is 26.7 Å². The van der Waals surface area contributed by atoms with E-state index in [1.165, 1.54) is 0 Å². The highest BCUT2D eigenvalue weighted by atomic mass is 16.5. The smallest absolute Gasteiger partial charge is 0.227 e. The maximum atomic E-state index is 5.99. The first kappa shape index (κ1) is 18.9. The van der Waals surface area contributed by atoms with E-state index in [1.54, 1.807) is 12.4 Å². The lowest BCUT2D eigenvalue weighted by atomic mass is 9.94. The lowest BCUT2D eigenvalue weighted by Crippen LogP contribution is -2.47. The van der Waals surface area contributed by atoms with Gasteiger partial charge in [-0.3, -0.25) is 4.98 Å². The highest BCUT2D eigenvalue weighted by Crippen LogP contribution is 2.24. The molecule has 2 saturated heterocycles. The Hall–Kier alpha value is -2.48. The van der Waals surface area contributed by atoms with Gasteiger partial charge in [-0.05, 0) is 24.8 Å². The summed E-state index contributed by atoms with van der Waals surface area (Å²) in [6.45, 7) is 8.77. The van der Waals surface area contributed by atoms with E-state index in [0.29, 0.717) is 12.0 Å². The van der Waals surface area contributed by atoms with Crippen molar-refractivity contribution >= 4 is 17.6 Å². The van der Waals surface area contributed by atoms with E-state index in [-0.39, 0.29) is 6.10 Å². The molecule has 0 unspecified atom stereocenters. The summed E-state index contributed by atoms with van der Waals surface area (Å²) in [4.78, 5) is 22.3. The van der Waals surface area contributed by atoms with Crippen LogP contribution in [0.2, 0.25) is 0 Å². The first-order valence-electron chi connectivity index (χ1n) is 10.2. The third-order valence-corrected chi connectivity index (χ3v) is 5.44. The van der Waals surface area contributed by atoms with Crippen molar-refractivity contribution in [2.45, 2.75) is 38.8 Å². The zero-order chi connectivity index (χ0) is 19.3. The molecule has 2 fully saturated rings. The summed E-state index contributed by atoms with van der Waals surface area (Å²) in [5, 5.41) is 3.59. The molecule has 2 aliphatic rings. The second kappa shape index (κ2) is 8.68. The van der Waals surface area contributed by atoms with Gasteiger partial charge in [-0.1, -0.05) is 13.8 Å². The van der Waals surface area contributed by atoms with E-state index < -0.39 is 0 Å². The van der Waals surface area contributed by atoms with Crippen LogP contribution in [-0.2, 0) is 4.74 Å². The standard InChI is InChI=1S/C20H29N7O/c1-15(2)19-16(4-3-13-28-19)24-17-5-6-23-20(25-17)27-11-9-26(10-12-27)18-14-21-7-8-22-18/h5-8,14-16,19H,3-4,9-13H2,1-2H3,(H,23,24,25)/t16-,19+/m0/s1. The Bertz CT molecular complexity index is 749. The molecule has 0 aromatic carbocycles. The summed E-state index contributed by atoms with van der Waals surface area (Å²) in [6, 6.07) is 2.25. The average molecular weight is 384 g/mol. The van der Waals surface area contributed by atoms with Crippen molar-refractivity contribution in [1.82, 2.24) is 19.9 Å². The third kappa shape index (κ3) is 4.32. The highest BCUT2D eigenvalue weighted by molar-refractivity contribution is 5.45. The molecular weight excluding hydrogens is 354 g/mol. The second-order valence-corrected chi connectivity index (χ2v) is 7.75. The Morgan fingerprint density at radius 2 is 1.89 bits per heavy atom. The largest absolute Gasteiger partial charge is 0.376 e. The number of nitrogens with zero attached hydrogens (tertiary/aromatic N) is 6. The molecule has 8 nitrogen and oxygen atoms in total. The van der Waals surface area contributed by atoms with E-state index in [9.17, 15) is 0 Å². The predicted molar refractivity (Wildman–Crippen MR) is 110 cm³/mol. The predicted octanol–water partition coefficient (Wildman–Crippen LogP) is 2.21. The molecule has 0 spiro atoms. The minimum atomic E-state index is 0.225. The molecule has 2 atom stereocenters. The van der Waals surface area contributed by atoms with Gasteiger partial charge in [-0.25, -0.2) is 9.97 Å². The number of hydrogen-bond donors (Lipinski definition) is 1. The topological polar surface area (TPSA) is 79.3 Å². The Labute approximate surface area is 166 Å². The Morgan fingerprint density at radius 1 is 1.07 bits per heavy atom. The zero-order valence-electron chi connectivity index (χ0n) is 16.7. The fourth-order valence-electron chi connectivity index (χ4n) is 3.98. The second-order valence-electron chi connectivity index (χ2n) is 7.75. The van der Waals surface area contributed by atoms with Gasteiger partial charge in [0.1, 0.15) is 11.6 Å². The fourth-order valence-corrected chi connectivity index (χ4v) is 3.98. The number of hydrogen-bond acceptors (Lipinski definition) is 8. The molecule has 2 aliphatic heterocycles. The molecule has 0 bridgehead atoms. The molecular formula is C20H29N7O. The molecule has 8 heteroatoms. The molecule has 0 aliphatic carbocycles. The Balaban J connectivity index is 1.39. The Kier molecular flexibility index (Phi) is 5.85. The van der Waals surface area contributed by atoms with Crippen molar-refractivity contribution in [2.75, 3.05) is 47.9 Å². The van der Waals surface area contributed by atoms with Crippen LogP contribution in [0.4, 0.5) is 17.6 Å². The van der Waals surface area contributed by atoms with Gasteiger partial charge in [0.15, 0.2) is 0 Å². The van der Waals surface area contributed by atoms with Crippen LogP contribution in [0, 0.1) is 5.92 Å². The molecule has 0 radical (unpaired) electrons. The molecule has 0 saturated carbocycles. The summed E-state index contributed by atoms with van der Waals surface area (Å²) in [6.07, 6.45) is 9.51.